The molecule has 0 heterocycles. The second-order valence-electron chi connectivity index (χ2n) is 6.09. The van der Waals surface area contributed by atoms with Crippen LogP contribution in [-0.4, -0.2) is 6.04 Å². The molecule has 1 aromatic rings. The summed E-state index contributed by atoms with van der Waals surface area (Å²) in [5.74, 6) is 1.67. The van der Waals surface area contributed by atoms with Crippen LogP contribution in [0.4, 0.5) is 0 Å². The van der Waals surface area contributed by atoms with Crippen LogP contribution in [0.2, 0.25) is 0 Å². The topological polar surface area (TPSA) is 26.0 Å². The largest absolute Gasteiger partial charge is 0.327 e. The molecule has 100 valence electrons. The third kappa shape index (κ3) is 2.95. The standard InChI is InChI=1S/C17H27N/c1-4-14-8-9-15(10-14)17(18)11-16-12(2)6-5-7-13(16)3/h5-7,14-15,17H,4,8-11,18H2,1-3H3. The monoisotopic (exact) mass is 245 g/mol. The summed E-state index contributed by atoms with van der Waals surface area (Å²) in [7, 11) is 0. The SMILES string of the molecule is CCC1CCC(C(N)Cc2c(C)cccc2C)C1. The van der Waals surface area contributed by atoms with E-state index in [0.29, 0.717) is 6.04 Å². The molecule has 0 spiro atoms. The van der Waals surface area contributed by atoms with Crippen LogP contribution < -0.4 is 5.73 Å². The van der Waals surface area contributed by atoms with Gasteiger partial charge in [-0.05, 0) is 61.6 Å². The Morgan fingerprint density at radius 2 is 1.89 bits per heavy atom. The van der Waals surface area contributed by atoms with Gasteiger partial charge in [0.2, 0.25) is 0 Å². The third-order valence-corrected chi connectivity index (χ3v) is 4.85. The number of hydrogen-bond donors (Lipinski definition) is 1. The highest BCUT2D eigenvalue weighted by Gasteiger charge is 2.28. The van der Waals surface area contributed by atoms with Crippen LogP contribution in [0, 0.1) is 25.7 Å². The van der Waals surface area contributed by atoms with E-state index < -0.39 is 0 Å². The van der Waals surface area contributed by atoms with Gasteiger partial charge in [0.25, 0.3) is 0 Å². The Hall–Kier alpha value is -0.820. The molecule has 0 saturated heterocycles. The van der Waals surface area contributed by atoms with Crippen LogP contribution in [0.15, 0.2) is 18.2 Å². The van der Waals surface area contributed by atoms with Gasteiger partial charge in [-0.3, -0.25) is 0 Å². The Labute approximate surface area is 112 Å². The molecular weight excluding hydrogens is 218 g/mol. The lowest BCUT2D eigenvalue weighted by atomic mass is 9.88. The van der Waals surface area contributed by atoms with Crippen molar-refractivity contribution in [1.82, 2.24) is 0 Å². The van der Waals surface area contributed by atoms with E-state index in [1.165, 1.54) is 42.4 Å². The molecule has 0 aromatic heterocycles. The number of hydrogen-bond acceptors (Lipinski definition) is 1. The molecule has 2 N–H and O–H groups in total. The molecule has 1 fully saturated rings. The summed E-state index contributed by atoms with van der Waals surface area (Å²) < 4.78 is 0. The maximum Gasteiger partial charge on any atom is 0.0108 e. The minimum absolute atomic E-state index is 0.348. The highest BCUT2D eigenvalue weighted by Crippen LogP contribution is 2.35. The molecule has 1 aliphatic rings. The zero-order valence-electron chi connectivity index (χ0n) is 12.1. The first-order chi connectivity index (χ1) is 8.61. The highest BCUT2D eigenvalue weighted by atomic mass is 14.7. The molecule has 0 aliphatic heterocycles. The van der Waals surface area contributed by atoms with Gasteiger partial charge >= 0.3 is 0 Å². The van der Waals surface area contributed by atoms with Gasteiger partial charge in [0.05, 0.1) is 0 Å². The summed E-state index contributed by atoms with van der Waals surface area (Å²) in [5.41, 5.74) is 10.7. The van der Waals surface area contributed by atoms with Crippen molar-refractivity contribution in [2.45, 2.75) is 58.9 Å². The summed E-state index contributed by atoms with van der Waals surface area (Å²) in [4.78, 5) is 0. The van der Waals surface area contributed by atoms with Crippen LogP contribution in [0.1, 0.15) is 49.3 Å². The molecule has 0 bridgehead atoms. The maximum absolute atomic E-state index is 6.47. The van der Waals surface area contributed by atoms with E-state index in [1.54, 1.807) is 0 Å². The van der Waals surface area contributed by atoms with E-state index in [1.807, 2.05) is 0 Å². The van der Waals surface area contributed by atoms with Crippen molar-refractivity contribution in [3.63, 3.8) is 0 Å². The third-order valence-electron chi connectivity index (χ3n) is 4.85. The van der Waals surface area contributed by atoms with Crippen LogP contribution in [-0.2, 0) is 6.42 Å². The van der Waals surface area contributed by atoms with Crippen molar-refractivity contribution >= 4 is 0 Å². The molecule has 2 rings (SSSR count). The molecule has 0 amide bonds. The van der Waals surface area contributed by atoms with Gasteiger partial charge in [-0.15, -0.1) is 0 Å². The van der Waals surface area contributed by atoms with Gasteiger partial charge < -0.3 is 5.73 Å². The van der Waals surface area contributed by atoms with E-state index in [9.17, 15) is 0 Å². The van der Waals surface area contributed by atoms with Crippen LogP contribution in [0.3, 0.4) is 0 Å². The van der Waals surface area contributed by atoms with Crippen molar-refractivity contribution < 1.29 is 0 Å². The van der Waals surface area contributed by atoms with Gasteiger partial charge in [0.15, 0.2) is 0 Å². The fourth-order valence-corrected chi connectivity index (χ4v) is 3.45. The van der Waals surface area contributed by atoms with E-state index in [4.69, 9.17) is 5.73 Å². The molecule has 1 heteroatoms. The van der Waals surface area contributed by atoms with Gasteiger partial charge in [-0.1, -0.05) is 38.0 Å². The number of rotatable bonds is 4. The molecule has 1 aliphatic carbocycles. The average Bonchev–Trinajstić information content (AvgIpc) is 2.82. The highest BCUT2D eigenvalue weighted by molar-refractivity contribution is 5.34. The van der Waals surface area contributed by atoms with Crippen LogP contribution in [0.25, 0.3) is 0 Å². The Morgan fingerprint density at radius 3 is 2.44 bits per heavy atom. The summed E-state index contributed by atoms with van der Waals surface area (Å²) >= 11 is 0. The number of benzene rings is 1. The summed E-state index contributed by atoms with van der Waals surface area (Å²) in [6.07, 6.45) is 6.46. The Balaban J connectivity index is 2.01. The number of aryl methyl sites for hydroxylation is 2. The lowest BCUT2D eigenvalue weighted by Gasteiger charge is -2.21. The van der Waals surface area contributed by atoms with Crippen molar-refractivity contribution in [3.05, 3.63) is 34.9 Å². The Bertz CT molecular complexity index is 376. The first-order valence-electron chi connectivity index (χ1n) is 7.42. The van der Waals surface area contributed by atoms with Gasteiger partial charge in [0, 0.05) is 6.04 Å². The maximum atomic E-state index is 6.47. The zero-order valence-corrected chi connectivity index (χ0v) is 12.1. The van der Waals surface area contributed by atoms with Crippen molar-refractivity contribution in [2.24, 2.45) is 17.6 Å². The first kappa shape index (κ1) is 13.6. The minimum Gasteiger partial charge on any atom is -0.327 e. The summed E-state index contributed by atoms with van der Waals surface area (Å²) in [5, 5.41) is 0. The molecule has 3 unspecified atom stereocenters. The average molecular weight is 245 g/mol. The molecule has 1 saturated carbocycles. The van der Waals surface area contributed by atoms with E-state index in [-0.39, 0.29) is 0 Å². The summed E-state index contributed by atoms with van der Waals surface area (Å²) in [6, 6.07) is 6.90. The van der Waals surface area contributed by atoms with E-state index in [0.717, 1.165) is 18.3 Å². The number of nitrogens with two attached hydrogens (primary N) is 1. The van der Waals surface area contributed by atoms with Crippen LogP contribution >= 0.6 is 0 Å². The molecule has 0 radical (unpaired) electrons. The second-order valence-corrected chi connectivity index (χ2v) is 6.09. The second kappa shape index (κ2) is 5.88. The van der Waals surface area contributed by atoms with E-state index in [2.05, 4.69) is 39.0 Å². The van der Waals surface area contributed by atoms with E-state index >= 15 is 0 Å². The molecule has 1 nitrogen and oxygen atoms in total. The molecule has 1 aromatic carbocycles. The normalized spacial score (nSPS) is 25.3. The fraction of sp³-hybridized carbons (Fsp3) is 0.647. The van der Waals surface area contributed by atoms with Gasteiger partial charge in [-0.25, -0.2) is 0 Å². The minimum atomic E-state index is 0.348. The van der Waals surface area contributed by atoms with Crippen molar-refractivity contribution in [1.29, 1.82) is 0 Å². The quantitative estimate of drug-likeness (QED) is 0.852. The predicted molar refractivity (Wildman–Crippen MR) is 78.7 cm³/mol. The molecule has 18 heavy (non-hydrogen) atoms. The first-order valence-corrected chi connectivity index (χ1v) is 7.42. The van der Waals surface area contributed by atoms with Crippen molar-refractivity contribution in [2.75, 3.05) is 0 Å². The Morgan fingerprint density at radius 1 is 1.22 bits per heavy atom. The zero-order chi connectivity index (χ0) is 13.1. The lowest BCUT2D eigenvalue weighted by molar-refractivity contribution is 0.404. The van der Waals surface area contributed by atoms with Gasteiger partial charge in [0.1, 0.15) is 0 Å². The fourth-order valence-electron chi connectivity index (χ4n) is 3.45. The predicted octanol–water partition coefficient (Wildman–Crippen LogP) is 4.00. The molecule has 3 atom stereocenters. The smallest absolute Gasteiger partial charge is 0.0108 e. The lowest BCUT2D eigenvalue weighted by Crippen LogP contribution is -2.31. The van der Waals surface area contributed by atoms with Crippen LogP contribution in [0.5, 0.6) is 0 Å². The Kier molecular flexibility index (Phi) is 4.45. The molecular formula is C17H27N. The van der Waals surface area contributed by atoms with Crippen molar-refractivity contribution in [3.8, 4) is 0 Å². The van der Waals surface area contributed by atoms with Gasteiger partial charge in [-0.2, -0.15) is 0 Å². The summed E-state index contributed by atoms with van der Waals surface area (Å²) in [6.45, 7) is 6.72.